The molecule has 2 heterocycles. The van der Waals surface area contributed by atoms with E-state index in [-0.39, 0.29) is 16.5 Å². The van der Waals surface area contributed by atoms with E-state index in [1.807, 2.05) is 0 Å². The highest BCUT2D eigenvalue weighted by atomic mass is 35.5. The van der Waals surface area contributed by atoms with E-state index in [9.17, 15) is 13.2 Å². The number of carbonyl (C=O) groups excluding carboxylic acids is 1. The Morgan fingerprint density at radius 3 is 2.90 bits per heavy atom. The Kier molecular flexibility index (Phi) is 4.62. The lowest BCUT2D eigenvalue weighted by Crippen LogP contribution is -2.48. The molecule has 0 saturated carbocycles. The lowest BCUT2D eigenvalue weighted by atomic mass is 10.1. The second-order valence-corrected chi connectivity index (χ2v) is 6.72. The summed E-state index contributed by atoms with van der Waals surface area (Å²) in [5.74, 6) is -0.548. The molecule has 1 unspecified atom stereocenters. The summed E-state index contributed by atoms with van der Waals surface area (Å²) < 4.78 is 31.1. The average molecular weight is 319 g/mol. The van der Waals surface area contributed by atoms with Crippen molar-refractivity contribution >= 4 is 27.6 Å². The maximum absolute atomic E-state index is 12.6. The van der Waals surface area contributed by atoms with Crippen LogP contribution >= 0.6 is 11.6 Å². The second kappa shape index (κ2) is 6.07. The lowest BCUT2D eigenvalue weighted by molar-refractivity contribution is -0.146. The molecule has 1 aromatic rings. The molecule has 1 aliphatic heterocycles. The van der Waals surface area contributed by atoms with Crippen LogP contribution in [-0.2, 0) is 19.6 Å². The van der Waals surface area contributed by atoms with E-state index in [1.165, 1.54) is 25.6 Å². The predicted molar refractivity (Wildman–Crippen MR) is 72.8 cm³/mol. The predicted octanol–water partition coefficient (Wildman–Crippen LogP) is 1.45. The summed E-state index contributed by atoms with van der Waals surface area (Å²) in [5.41, 5.74) is 0. The molecule has 0 aliphatic carbocycles. The number of hydrogen-bond acceptors (Lipinski definition) is 5. The molecule has 0 radical (unpaired) electrons. The SMILES string of the molecule is COC(=O)C1CCCCN1S(=O)(=O)c1cnccc1Cl. The molecule has 2 rings (SSSR count). The van der Waals surface area contributed by atoms with Crippen LogP contribution in [0.5, 0.6) is 0 Å². The van der Waals surface area contributed by atoms with E-state index < -0.39 is 22.0 Å². The molecule has 1 aliphatic rings. The minimum atomic E-state index is -3.86. The number of nitrogens with zero attached hydrogens (tertiary/aromatic N) is 2. The van der Waals surface area contributed by atoms with Gasteiger partial charge in [-0.15, -0.1) is 0 Å². The molecule has 0 aromatic carbocycles. The fourth-order valence-electron chi connectivity index (χ4n) is 2.24. The van der Waals surface area contributed by atoms with Crippen molar-refractivity contribution in [3.8, 4) is 0 Å². The van der Waals surface area contributed by atoms with Crippen molar-refractivity contribution in [1.29, 1.82) is 0 Å². The van der Waals surface area contributed by atoms with Crippen LogP contribution in [0.25, 0.3) is 0 Å². The maximum Gasteiger partial charge on any atom is 0.324 e. The summed E-state index contributed by atoms with van der Waals surface area (Å²) in [6.07, 6.45) is 4.54. The van der Waals surface area contributed by atoms with Crippen LogP contribution in [0.2, 0.25) is 5.02 Å². The van der Waals surface area contributed by atoms with Crippen molar-refractivity contribution in [2.45, 2.75) is 30.2 Å². The summed E-state index contributed by atoms with van der Waals surface area (Å²) in [6.45, 7) is 0.271. The monoisotopic (exact) mass is 318 g/mol. The molecule has 8 heteroatoms. The van der Waals surface area contributed by atoms with Gasteiger partial charge in [-0.05, 0) is 25.3 Å². The highest BCUT2D eigenvalue weighted by Gasteiger charge is 2.39. The first kappa shape index (κ1) is 15.2. The Morgan fingerprint density at radius 1 is 1.50 bits per heavy atom. The Bertz CT molecular complexity index is 605. The average Bonchev–Trinajstić information content (AvgIpc) is 2.46. The van der Waals surface area contributed by atoms with Crippen molar-refractivity contribution in [2.75, 3.05) is 13.7 Å². The minimum Gasteiger partial charge on any atom is -0.468 e. The van der Waals surface area contributed by atoms with Crippen molar-refractivity contribution in [3.63, 3.8) is 0 Å². The molecule has 1 fully saturated rings. The van der Waals surface area contributed by atoms with Crippen LogP contribution < -0.4 is 0 Å². The standard InChI is InChI=1S/C12H15ClN2O4S/c1-19-12(16)10-4-2-3-7-15(10)20(17,18)11-8-14-6-5-9(11)13/h5-6,8,10H,2-4,7H2,1H3. The fourth-order valence-corrected chi connectivity index (χ4v) is 4.30. The number of aromatic nitrogens is 1. The van der Waals surface area contributed by atoms with Crippen molar-refractivity contribution in [3.05, 3.63) is 23.5 Å². The van der Waals surface area contributed by atoms with Gasteiger partial charge in [0, 0.05) is 18.9 Å². The van der Waals surface area contributed by atoms with Crippen molar-refractivity contribution in [2.24, 2.45) is 0 Å². The number of esters is 1. The molecule has 1 saturated heterocycles. The second-order valence-electron chi connectivity index (χ2n) is 4.46. The Labute approximate surface area is 122 Å². The first-order chi connectivity index (χ1) is 9.48. The zero-order valence-corrected chi connectivity index (χ0v) is 12.5. The third-order valence-corrected chi connectivity index (χ3v) is 5.62. The van der Waals surface area contributed by atoms with Crippen LogP contribution in [0, 0.1) is 0 Å². The van der Waals surface area contributed by atoms with E-state index in [0.717, 1.165) is 10.7 Å². The van der Waals surface area contributed by atoms with Gasteiger partial charge < -0.3 is 4.74 Å². The number of methoxy groups -OCH3 is 1. The molecule has 1 atom stereocenters. The zero-order chi connectivity index (χ0) is 14.8. The quantitative estimate of drug-likeness (QED) is 0.788. The number of piperidine rings is 1. The van der Waals surface area contributed by atoms with Crippen LogP contribution in [-0.4, -0.2) is 43.4 Å². The van der Waals surface area contributed by atoms with Gasteiger partial charge in [0.1, 0.15) is 10.9 Å². The molecular formula is C12H15ClN2O4S. The Morgan fingerprint density at radius 2 is 2.25 bits per heavy atom. The Hall–Kier alpha value is -1.18. The van der Waals surface area contributed by atoms with Crippen LogP contribution in [0.4, 0.5) is 0 Å². The number of halogens is 1. The molecule has 110 valence electrons. The minimum absolute atomic E-state index is 0.0857. The van der Waals surface area contributed by atoms with E-state index in [4.69, 9.17) is 11.6 Å². The van der Waals surface area contributed by atoms with Gasteiger partial charge in [0.05, 0.1) is 12.1 Å². The van der Waals surface area contributed by atoms with Gasteiger partial charge in [-0.3, -0.25) is 9.78 Å². The number of carbonyl (C=O) groups is 1. The number of sulfonamides is 1. The molecule has 0 N–H and O–H groups in total. The number of pyridine rings is 1. The van der Waals surface area contributed by atoms with Gasteiger partial charge in [-0.25, -0.2) is 8.42 Å². The van der Waals surface area contributed by atoms with Gasteiger partial charge in [0.2, 0.25) is 10.0 Å². The van der Waals surface area contributed by atoms with Gasteiger partial charge in [0.15, 0.2) is 0 Å². The zero-order valence-electron chi connectivity index (χ0n) is 11.0. The number of hydrogen-bond donors (Lipinski definition) is 0. The highest BCUT2D eigenvalue weighted by Crippen LogP contribution is 2.29. The first-order valence-electron chi connectivity index (χ1n) is 6.17. The summed E-state index contributed by atoms with van der Waals surface area (Å²) in [6, 6.07) is 0.612. The highest BCUT2D eigenvalue weighted by molar-refractivity contribution is 7.89. The first-order valence-corrected chi connectivity index (χ1v) is 7.99. The molecule has 0 amide bonds. The molecule has 20 heavy (non-hydrogen) atoms. The molecule has 1 aromatic heterocycles. The van der Waals surface area contributed by atoms with Crippen LogP contribution in [0.15, 0.2) is 23.4 Å². The normalized spacial score (nSPS) is 20.6. The van der Waals surface area contributed by atoms with E-state index in [2.05, 4.69) is 9.72 Å². The summed E-state index contributed by atoms with van der Waals surface area (Å²) >= 11 is 5.93. The van der Waals surface area contributed by atoms with Crippen molar-refractivity contribution < 1.29 is 17.9 Å². The van der Waals surface area contributed by atoms with Gasteiger partial charge in [-0.2, -0.15) is 4.31 Å². The maximum atomic E-state index is 12.6. The number of ether oxygens (including phenoxy) is 1. The lowest BCUT2D eigenvalue weighted by Gasteiger charge is -2.32. The summed E-state index contributed by atoms with van der Waals surface area (Å²) in [7, 11) is -2.61. The number of rotatable bonds is 3. The molecule has 6 nitrogen and oxygen atoms in total. The van der Waals surface area contributed by atoms with E-state index >= 15 is 0 Å². The van der Waals surface area contributed by atoms with E-state index in [0.29, 0.717) is 12.8 Å². The molecule has 0 spiro atoms. The third-order valence-electron chi connectivity index (χ3n) is 3.25. The summed E-state index contributed by atoms with van der Waals surface area (Å²) in [5, 5.41) is 0.0918. The van der Waals surface area contributed by atoms with Gasteiger partial charge in [-0.1, -0.05) is 11.6 Å². The van der Waals surface area contributed by atoms with Crippen LogP contribution in [0.1, 0.15) is 19.3 Å². The smallest absolute Gasteiger partial charge is 0.324 e. The van der Waals surface area contributed by atoms with Crippen LogP contribution in [0.3, 0.4) is 0 Å². The topological polar surface area (TPSA) is 76.6 Å². The largest absolute Gasteiger partial charge is 0.468 e. The fraction of sp³-hybridized carbons (Fsp3) is 0.500. The molecule has 0 bridgehead atoms. The third kappa shape index (κ3) is 2.79. The van der Waals surface area contributed by atoms with E-state index in [1.54, 1.807) is 0 Å². The van der Waals surface area contributed by atoms with Crippen molar-refractivity contribution in [1.82, 2.24) is 9.29 Å². The Balaban J connectivity index is 2.41. The van der Waals surface area contributed by atoms with Gasteiger partial charge in [0.25, 0.3) is 0 Å². The molecular weight excluding hydrogens is 304 g/mol. The van der Waals surface area contributed by atoms with Gasteiger partial charge >= 0.3 is 5.97 Å². The summed E-state index contributed by atoms with van der Waals surface area (Å²) in [4.78, 5) is 15.5.